The molecule has 8 aromatic rings. The summed E-state index contributed by atoms with van der Waals surface area (Å²) >= 11 is 0. The predicted octanol–water partition coefficient (Wildman–Crippen LogP) is 6.87. The second kappa shape index (κ2) is 12.2. The maximum atomic E-state index is 5.23. The fourth-order valence-electron chi connectivity index (χ4n) is 6.82. The summed E-state index contributed by atoms with van der Waals surface area (Å²) < 4.78 is 1.98. The molecule has 9 rings (SSSR count). The molecule has 2 aromatic carbocycles. The monoisotopic (exact) mass is 643 g/mol. The van der Waals surface area contributed by atoms with Gasteiger partial charge in [-0.1, -0.05) is 60.7 Å². The summed E-state index contributed by atoms with van der Waals surface area (Å²) in [6.07, 6.45) is 5.83. The normalized spacial score (nSPS) is 14.2. The van der Waals surface area contributed by atoms with Crippen molar-refractivity contribution in [3.63, 3.8) is 0 Å². The van der Waals surface area contributed by atoms with E-state index in [9.17, 15) is 0 Å². The van der Waals surface area contributed by atoms with Crippen molar-refractivity contribution < 1.29 is 0 Å². The van der Waals surface area contributed by atoms with E-state index in [2.05, 4.69) is 95.1 Å². The summed E-state index contributed by atoms with van der Waals surface area (Å²) in [7, 11) is 0. The first-order valence-electron chi connectivity index (χ1n) is 16.6. The number of nitrogens with one attached hydrogen (secondary N) is 2. The molecule has 0 bridgehead atoms. The predicted molar refractivity (Wildman–Crippen MR) is 188 cm³/mol. The Morgan fingerprint density at radius 1 is 0.776 bits per heavy atom. The van der Waals surface area contributed by atoms with Crippen LogP contribution >= 0.6 is 0 Å². The molecule has 11 nitrogen and oxygen atoms in total. The summed E-state index contributed by atoms with van der Waals surface area (Å²) in [5.41, 5.74) is 9.59. The van der Waals surface area contributed by atoms with Crippen LogP contribution in [0.1, 0.15) is 35.8 Å². The third-order valence-electron chi connectivity index (χ3n) is 9.39. The van der Waals surface area contributed by atoms with Gasteiger partial charge in [0.25, 0.3) is 0 Å². The van der Waals surface area contributed by atoms with Gasteiger partial charge in [0, 0.05) is 47.1 Å². The third-order valence-corrected chi connectivity index (χ3v) is 9.39. The van der Waals surface area contributed by atoms with Crippen LogP contribution in [0.4, 0.5) is 0 Å². The number of pyridine rings is 3. The van der Waals surface area contributed by atoms with Crippen LogP contribution < -0.4 is 0 Å². The van der Waals surface area contributed by atoms with E-state index in [0.29, 0.717) is 17.6 Å². The smallest absolute Gasteiger partial charge is 0.199 e. The van der Waals surface area contributed by atoms with E-state index in [-0.39, 0.29) is 0 Å². The molecular formula is C38H33N11. The average molecular weight is 644 g/mol. The number of H-pyrrole nitrogens is 2. The highest BCUT2D eigenvalue weighted by Gasteiger charge is 2.24. The summed E-state index contributed by atoms with van der Waals surface area (Å²) in [6.45, 7) is 4.90. The zero-order valence-electron chi connectivity index (χ0n) is 27.0. The van der Waals surface area contributed by atoms with Gasteiger partial charge in [0.1, 0.15) is 17.2 Å². The highest BCUT2D eigenvalue weighted by Crippen LogP contribution is 2.35. The van der Waals surface area contributed by atoms with Crippen molar-refractivity contribution in [3.8, 4) is 45.4 Å². The number of aromatic amines is 2. The van der Waals surface area contributed by atoms with E-state index in [1.165, 1.54) is 5.56 Å². The second-order valence-electron chi connectivity index (χ2n) is 12.7. The molecule has 1 aliphatic rings. The molecule has 11 heteroatoms. The van der Waals surface area contributed by atoms with E-state index < -0.39 is 0 Å². The van der Waals surface area contributed by atoms with Crippen molar-refractivity contribution in [3.05, 3.63) is 120 Å². The maximum absolute atomic E-state index is 5.23. The Labute approximate surface area is 282 Å². The van der Waals surface area contributed by atoms with E-state index >= 15 is 0 Å². The number of piperidine rings is 1. The van der Waals surface area contributed by atoms with Crippen molar-refractivity contribution in [1.29, 1.82) is 0 Å². The Kier molecular flexibility index (Phi) is 7.24. The number of aromatic nitrogens is 10. The lowest BCUT2D eigenvalue weighted by atomic mass is 9.95. The third kappa shape index (κ3) is 5.53. The first-order chi connectivity index (χ1) is 24.2. The fraction of sp³-hybridized carbons (Fsp3) is 0.184. The van der Waals surface area contributed by atoms with E-state index in [0.717, 1.165) is 94.3 Å². The molecule has 1 saturated heterocycles. The maximum Gasteiger partial charge on any atom is 0.199 e. The van der Waals surface area contributed by atoms with Crippen LogP contribution in [0.5, 0.6) is 0 Å². The van der Waals surface area contributed by atoms with Crippen molar-refractivity contribution in [2.75, 3.05) is 13.1 Å². The van der Waals surface area contributed by atoms with Gasteiger partial charge in [-0.3, -0.25) is 24.5 Å². The number of benzene rings is 2. The largest absolute Gasteiger partial charge is 0.299 e. The second-order valence-corrected chi connectivity index (χ2v) is 12.7. The molecule has 0 aliphatic carbocycles. The highest BCUT2D eigenvalue weighted by atomic mass is 15.3. The van der Waals surface area contributed by atoms with Crippen LogP contribution in [-0.4, -0.2) is 67.9 Å². The lowest BCUT2D eigenvalue weighted by molar-refractivity contribution is 0.202. The molecule has 2 N–H and O–H groups in total. The minimum absolute atomic E-state index is 0.374. The van der Waals surface area contributed by atoms with Gasteiger partial charge in [0.2, 0.25) is 0 Å². The van der Waals surface area contributed by atoms with Crippen LogP contribution in [-0.2, 0) is 6.54 Å². The first-order valence-corrected chi connectivity index (χ1v) is 16.6. The number of hydrogen-bond acceptors (Lipinski definition) is 8. The van der Waals surface area contributed by atoms with Crippen LogP contribution in [0.2, 0.25) is 0 Å². The molecule has 6 aromatic heterocycles. The lowest BCUT2D eigenvalue weighted by Crippen LogP contribution is -2.32. The Morgan fingerprint density at radius 2 is 1.61 bits per heavy atom. The molecule has 7 heterocycles. The van der Waals surface area contributed by atoms with Crippen molar-refractivity contribution in [1.82, 2.24) is 54.8 Å². The van der Waals surface area contributed by atoms with E-state index in [1.807, 2.05) is 53.9 Å². The SMILES string of the molecule is Cc1cc(-c2nnc3c4cc(-c5ccccc5)c(-c5ccc(CN6CCC(c7nc(-c8ccccn8)n[nH]7)CC6)cc5)nc4ccn23)n[nH]1. The van der Waals surface area contributed by atoms with Crippen LogP contribution in [0.15, 0.2) is 103 Å². The Balaban J connectivity index is 0.961. The Hall–Kier alpha value is -6.07. The molecule has 49 heavy (non-hydrogen) atoms. The van der Waals surface area contributed by atoms with E-state index in [1.54, 1.807) is 6.20 Å². The molecule has 0 saturated carbocycles. The van der Waals surface area contributed by atoms with Gasteiger partial charge >= 0.3 is 0 Å². The van der Waals surface area contributed by atoms with E-state index in [4.69, 9.17) is 9.97 Å². The number of aryl methyl sites for hydroxylation is 1. The van der Waals surface area contributed by atoms with Gasteiger partial charge in [0.05, 0.1) is 11.2 Å². The number of hydrogen-bond donors (Lipinski definition) is 2. The number of fused-ring (bicyclic) bond motifs is 3. The van der Waals surface area contributed by atoms with Gasteiger partial charge in [-0.2, -0.15) is 10.2 Å². The van der Waals surface area contributed by atoms with Crippen molar-refractivity contribution in [2.24, 2.45) is 0 Å². The summed E-state index contributed by atoms with van der Waals surface area (Å²) in [5, 5.41) is 25.0. The lowest BCUT2D eigenvalue weighted by Gasteiger charge is -2.31. The fourth-order valence-corrected chi connectivity index (χ4v) is 6.82. The minimum Gasteiger partial charge on any atom is -0.299 e. The number of rotatable bonds is 7. The van der Waals surface area contributed by atoms with Gasteiger partial charge in [-0.05, 0) is 74.3 Å². The topological polar surface area (TPSA) is 129 Å². The molecule has 0 atom stereocenters. The van der Waals surface area contributed by atoms with Gasteiger partial charge in [-0.25, -0.2) is 9.97 Å². The molecular weight excluding hydrogens is 610 g/mol. The quantitative estimate of drug-likeness (QED) is 0.193. The van der Waals surface area contributed by atoms with Gasteiger partial charge in [-0.15, -0.1) is 10.2 Å². The highest BCUT2D eigenvalue weighted by molar-refractivity contribution is 5.98. The Morgan fingerprint density at radius 3 is 2.39 bits per heavy atom. The molecule has 0 radical (unpaired) electrons. The summed E-state index contributed by atoms with van der Waals surface area (Å²) in [4.78, 5) is 16.9. The zero-order valence-corrected chi connectivity index (χ0v) is 27.0. The molecule has 1 aliphatic heterocycles. The van der Waals surface area contributed by atoms with Crippen molar-refractivity contribution in [2.45, 2.75) is 32.2 Å². The molecule has 1 fully saturated rings. The molecule has 0 unspecified atom stereocenters. The number of nitrogens with zero attached hydrogens (tertiary/aromatic N) is 9. The van der Waals surface area contributed by atoms with Crippen LogP contribution in [0.3, 0.4) is 0 Å². The van der Waals surface area contributed by atoms with Crippen molar-refractivity contribution >= 4 is 16.6 Å². The standard InChI is InChI=1S/C38H33N11/c1-24-21-33(43-42-24)38-47-46-37-30-22-29(26-7-3-2-4-8-26)34(40-31(30)16-20-49(37)38)27-12-10-25(11-13-27)23-48-18-14-28(15-19-48)35-41-36(45-44-35)32-9-5-6-17-39-32/h2-13,16-17,20-22,28H,14-15,18-19,23H2,1H3,(H,42,43)(H,41,44,45). The Bertz CT molecular complexity index is 2380. The molecule has 240 valence electrons. The zero-order chi connectivity index (χ0) is 32.7. The number of likely N-dealkylation sites (tertiary alicyclic amines) is 1. The molecule has 0 amide bonds. The van der Waals surface area contributed by atoms with Gasteiger partial charge < -0.3 is 0 Å². The molecule has 0 spiro atoms. The summed E-state index contributed by atoms with van der Waals surface area (Å²) in [6, 6.07) is 31.3. The van der Waals surface area contributed by atoms with Crippen LogP contribution in [0, 0.1) is 6.92 Å². The first kappa shape index (κ1) is 29.1. The summed E-state index contributed by atoms with van der Waals surface area (Å²) in [5.74, 6) is 2.69. The van der Waals surface area contributed by atoms with Crippen LogP contribution in [0.25, 0.3) is 62.0 Å². The van der Waals surface area contributed by atoms with Gasteiger partial charge in [0.15, 0.2) is 17.3 Å². The minimum atomic E-state index is 0.374. The average Bonchev–Trinajstić information content (AvgIpc) is 3.93.